The van der Waals surface area contributed by atoms with Crippen molar-refractivity contribution in [2.24, 2.45) is 35.5 Å². The van der Waals surface area contributed by atoms with Crippen LogP contribution >= 0.6 is 0 Å². The molecule has 0 unspecified atom stereocenters. The Kier molecular flexibility index (Phi) is 7.26. The Balaban J connectivity index is 1.14. The van der Waals surface area contributed by atoms with Gasteiger partial charge in [0.15, 0.2) is 0 Å². The van der Waals surface area contributed by atoms with Crippen LogP contribution in [0.4, 0.5) is 0 Å². The second-order valence-corrected chi connectivity index (χ2v) is 11.4. The van der Waals surface area contributed by atoms with Crippen molar-refractivity contribution in [3.8, 4) is 0 Å². The summed E-state index contributed by atoms with van der Waals surface area (Å²) in [4.78, 5) is 0. The Bertz CT molecular complexity index is 407. The maximum atomic E-state index is 2.45. The normalized spacial score (nSPS) is 38.9. The van der Waals surface area contributed by atoms with Crippen LogP contribution in [0.25, 0.3) is 0 Å². The average molecular weight is 371 g/mol. The van der Waals surface area contributed by atoms with Crippen LogP contribution in [-0.4, -0.2) is 0 Å². The highest BCUT2D eigenvalue weighted by atomic mass is 14.4. The SMILES string of the molecule is C[C]1CCC(C2CCC(C3CCC(C[C]4CCC(C)CC4)CC3)CC2)CC1. The van der Waals surface area contributed by atoms with Crippen LogP contribution < -0.4 is 0 Å². The molecule has 0 N–H and O–H groups in total. The Hall–Kier alpha value is 0. The lowest BCUT2D eigenvalue weighted by atomic mass is 9.64. The molecule has 0 aromatic carbocycles. The van der Waals surface area contributed by atoms with Gasteiger partial charge in [-0.2, -0.15) is 0 Å². The topological polar surface area (TPSA) is 0 Å². The van der Waals surface area contributed by atoms with Crippen molar-refractivity contribution in [2.75, 3.05) is 0 Å². The quantitative estimate of drug-likeness (QED) is 0.465. The van der Waals surface area contributed by atoms with Crippen LogP contribution in [0.15, 0.2) is 0 Å². The summed E-state index contributed by atoms with van der Waals surface area (Å²) < 4.78 is 0. The standard InChI is InChI=1S/C27H46/c1-20-3-7-22(8-4-20)19-23-9-13-25(14-10-23)27-17-15-26(16-18-27)24-11-5-21(2)6-12-24/h20,23-27H,3-19H2,1-2H3. The molecule has 27 heavy (non-hydrogen) atoms. The van der Waals surface area contributed by atoms with Crippen LogP contribution in [0.3, 0.4) is 0 Å². The fraction of sp³-hybridized carbons (Fsp3) is 0.926. The lowest BCUT2D eigenvalue weighted by Crippen LogP contribution is -2.29. The predicted octanol–water partition coefficient (Wildman–Crippen LogP) is 8.56. The first-order chi connectivity index (χ1) is 13.2. The zero-order valence-electron chi connectivity index (χ0n) is 18.5. The van der Waals surface area contributed by atoms with Gasteiger partial charge >= 0.3 is 0 Å². The molecule has 4 fully saturated rings. The van der Waals surface area contributed by atoms with E-state index in [1.165, 1.54) is 57.8 Å². The zero-order valence-corrected chi connectivity index (χ0v) is 18.5. The third kappa shape index (κ3) is 5.54. The Labute approximate surface area is 170 Å². The fourth-order valence-electron chi connectivity index (χ4n) is 7.34. The summed E-state index contributed by atoms with van der Waals surface area (Å²) in [6.07, 6.45) is 25.9. The molecule has 0 spiro atoms. The summed E-state index contributed by atoms with van der Waals surface area (Å²) in [6, 6.07) is 0. The maximum absolute atomic E-state index is 2.45. The van der Waals surface area contributed by atoms with Gasteiger partial charge in [-0.15, -0.1) is 0 Å². The highest BCUT2D eigenvalue weighted by Crippen LogP contribution is 2.47. The van der Waals surface area contributed by atoms with Crippen molar-refractivity contribution in [3.63, 3.8) is 0 Å². The average Bonchev–Trinajstić information content (AvgIpc) is 2.71. The van der Waals surface area contributed by atoms with Crippen LogP contribution in [0.2, 0.25) is 0 Å². The van der Waals surface area contributed by atoms with E-state index in [9.17, 15) is 0 Å². The van der Waals surface area contributed by atoms with Gasteiger partial charge in [0.1, 0.15) is 0 Å². The molecule has 4 rings (SSSR count). The van der Waals surface area contributed by atoms with E-state index >= 15 is 0 Å². The number of hydrogen-bond acceptors (Lipinski definition) is 0. The van der Waals surface area contributed by atoms with Crippen molar-refractivity contribution in [2.45, 2.75) is 123 Å². The zero-order chi connectivity index (χ0) is 18.6. The van der Waals surface area contributed by atoms with Crippen molar-refractivity contribution in [1.29, 1.82) is 0 Å². The molecule has 4 aliphatic carbocycles. The maximum Gasteiger partial charge on any atom is -0.0238 e. The minimum Gasteiger partial charge on any atom is -0.0625 e. The minimum atomic E-state index is 0.996. The Morgan fingerprint density at radius 2 is 1.00 bits per heavy atom. The predicted molar refractivity (Wildman–Crippen MR) is 117 cm³/mol. The van der Waals surface area contributed by atoms with Gasteiger partial charge in [0.25, 0.3) is 0 Å². The van der Waals surface area contributed by atoms with Crippen molar-refractivity contribution in [1.82, 2.24) is 0 Å². The van der Waals surface area contributed by atoms with Gasteiger partial charge in [-0.05, 0) is 131 Å². The monoisotopic (exact) mass is 370 g/mol. The molecule has 0 bridgehead atoms. The Morgan fingerprint density at radius 1 is 0.556 bits per heavy atom. The smallest absolute Gasteiger partial charge is 0.0238 e. The van der Waals surface area contributed by atoms with Crippen molar-refractivity contribution in [3.05, 3.63) is 11.8 Å². The summed E-state index contributed by atoms with van der Waals surface area (Å²) >= 11 is 0. The van der Waals surface area contributed by atoms with E-state index in [0.717, 1.165) is 35.5 Å². The van der Waals surface area contributed by atoms with Gasteiger partial charge in [-0.25, -0.2) is 0 Å². The first kappa shape index (κ1) is 20.3. The molecule has 0 heteroatoms. The summed E-state index contributed by atoms with van der Waals surface area (Å²) in [6.45, 7) is 4.83. The van der Waals surface area contributed by atoms with Crippen LogP contribution in [0.1, 0.15) is 123 Å². The van der Waals surface area contributed by atoms with E-state index in [2.05, 4.69) is 13.8 Å². The van der Waals surface area contributed by atoms with E-state index in [1.807, 2.05) is 5.92 Å². The molecular weight excluding hydrogens is 324 g/mol. The molecule has 0 atom stereocenters. The lowest BCUT2D eigenvalue weighted by Gasteiger charge is -2.41. The molecule has 0 saturated heterocycles. The summed E-state index contributed by atoms with van der Waals surface area (Å²) in [7, 11) is 0. The summed E-state index contributed by atoms with van der Waals surface area (Å²) in [5.74, 6) is 10.1. The highest BCUT2D eigenvalue weighted by Gasteiger charge is 2.34. The van der Waals surface area contributed by atoms with Gasteiger partial charge in [0, 0.05) is 0 Å². The van der Waals surface area contributed by atoms with E-state index < -0.39 is 0 Å². The third-order valence-corrected chi connectivity index (χ3v) is 9.48. The molecular formula is C27H46. The largest absolute Gasteiger partial charge is 0.0625 e. The van der Waals surface area contributed by atoms with Crippen LogP contribution in [0, 0.1) is 47.3 Å². The molecule has 0 heterocycles. The second kappa shape index (κ2) is 9.67. The van der Waals surface area contributed by atoms with E-state index in [4.69, 9.17) is 0 Å². The molecule has 0 aromatic heterocycles. The molecule has 0 aliphatic heterocycles. The van der Waals surface area contributed by atoms with Gasteiger partial charge in [-0.1, -0.05) is 39.5 Å². The van der Waals surface area contributed by atoms with Gasteiger partial charge in [-0.3, -0.25) is 0 Å². The fourth-order valence-corrected chi connectivity index (χ4v) is 7.34. The number of hydrogen-bond donors (Lipinski definition) is 0. The lowest BCUT2D eigenvalue weighted by molar-refractivity contribution is 0.113. The van der Waals surface area contributed by atoms with Gasteiger partial charge < -0.3 is 0 Å². The molecule has 154 valence electrons. The molecule has 0 aromatic rings. The van der Waals surface area contributed by atoms with Crippen molar-refractivity contribution < 1.29 is 0 Å². The molecule has 0 amide bonds. The minimum absolute atomic E-state index is 0.996. The third-order valence-electron chi connectivity index (χ3n) is 9.48. The van der Waals surface area contributed by atoms with Gasteiger partial charge in [0.2, 0.25) is 0 Å². The molecule has 0 nitrogen and oxygen atoms in total. The highest BCUT2D eigenvalue weighted by molar-refractivity contribution is 4.97. The first-order valence-corrected chi connectivity index (χ1v) is 12.8. The molecule has 4 aliphatic rings. The number of rotatable bonds is 4. The van der Waals surface area contributed by atoms with Crippen LogP contribution in [0.5, 0.6) is 0 Å². The van der Waals surface area contributed by atoms with Crippen LogP contribution in [-0.2, 0) is 0 Å². The Morgan fingerprint density at radius 3 is 1.52 bits per heavy atom. The second-order valence-electron chi connectivity index (χ2n) is 11.4. The van der Waals surface area contributed by atoms with Crippen molar-refractivity contribution >= 4 is 0 Å². The summed E-state index contributed by atoms with van der Waals surface area (Å²) in [5.41, 5.74) is 0. The molecule has 2 radical (unpaired) electrons. The molecule has 4 saturated carbocycles. The van der Waals surface area contributed by atoms with E-state index in [1.54, 1.807) is 57.3 Å². The first-order valence-electron chi connectivity index (χ1n) is 12.8. The van der Waals surface area contributed by atoms with E-state index in [-0.39, 0.29) is 0 Å². The van der Waals surface area contributed by atoms with Gasteiger partial charge in [0.05, 0.1) is 0 Å². The van der Waals surface area contributed by atoms with E-state index in [0.29, 0.717) is 0 Å². The summed E-state index contributed by atoms with van der Waals surface area (Å²) in [5, 5.41) is 0.